The van der Waals surface area contributed by atoms with E-state index in [1.807, 2.05) is 7.05 Å². The van der Waals surface area contributed by atoms with Crippen LogP contribution in [0.15, 0.2) is 12.2 Å². The van der Waals surface area contributed by atoms with E-state index in [4.69, 9.17) is 4.74 Å². The van der Waals surface area contributed by atoms with Crippen molar-refractivity contribution in [2.75, 3.05) is 40.9 Å². The molecule has 0 radical (unpaired) electrons. The van der Waals surface area contributed by atoms with Crippen LogP contribution in [-0.4, -0.2) is 51.8 Å². The summed E-state index contributed by atoms with van der Waals surface area (Å²) in [7, 11) is 5.90. The van der Waals surface area contributed by atoms with E-state index in [2.05, 4.69) is 30.8 Å². The van der Waals surface area contributed by atoms with Crippen LogP contribution in [0, 0.1) is 0 Å². The molecule has 0 saturated heterocycles. The summed E-state index contributed by atoms with van der Waals surface area (Å²) in [6, 6.07) is 0.476. The molecule has 0 aromatic rings. The van der Waals surface area contributed by atoms with E-state index in [1.54, 1.807) is 7.11 Å². The van der Waals surface area contributed by atoms with Crippen LogP contribution in [0.3, 0.4) is 0 Å². The normalized spacial score (nSPS) is 13.1. The maximum Gasteiger partial charge on any atom is 0.0589 e. The van der Waals surface area contributed by atoms with Crippen molar-refractivity contribution >= 4 is 0 Å². The molecule has 0 rings (SSSR count). The maximum absolute atomic E-state index is 5.04. The van der Waals surface area contributed by atoms with Crippen molar-refractivity contribution in [2.45, 2.75) is 32.2 Å². The molecule has 0 aromatic heterocycles. The van der Waals surface area contributed by atoms with Gasteiger partial charge in [-0.3, -0.25) is 0 Å². The number of hydrogen-bond acceptors (Lipinski definition) is 3. The van der Waals surface area contributed by atoms with Crippen molar-refractivity contribution in [3.63, 3.8) is 0 Å². The van der Waals surface area contributed by atoms with E-state index >= 15 is 0 Å². The molecule has 3 heteroatoms. The Balaban J connectivity index is 3.47. The minimum absolute atomic E-state index is 0.476. The molecule has 96 valence electrons. The molecule has 1 N–H and O–H groups in total. The van der Waals surface area contributed by atoms with Gasteiger partial charge in [-0.1, -0.05) is 18.6 Å². The van der Waals surface area contributed by atoms with Crippen molar-refractivity contribution in [1.29, 1.82) is 0 Å². The molecule has 0 aromatic carbocycles. The van der Waals surface area contributed by atoms with Crippen molar-refractivity contribution in [3.05, 3.63) is 12.2 Å². The SMILES string of the molecule is C=C(C)C(CCCCN(C)CCOC)NC. The molecular weight excluding hydrogens is 200 g/mol. The van der Waals surface area contributed by atoms with Gasteiger partial charge in [0.15, 0.2) is 0 Å². The van der Waals surface area contributed by atoms with Gasteiger partial charge in [0.2, 0.25) is 0 Å². The van der Waals surface area contributed by atoms with Gasteiger partial charge in [0.05, 0.1) is 6.61 Å². The second-order valence-corrected chi connectivity index (χ2v) is 4.48. The van der Waals surface area contributed by atoms with Gasteiger partial charge >= 0.3 is 0 Å². The fourth-order valence-electron chi connectivity index (χ4n) is 1.73. The first kappa shape index (κ1) is 15.6. The van der Waals surface area contributed by atoms with Crippen LogP contribution in [0.25, 0.3) is 0 Å². The van der Waals surface area contributed by atoms with Crippen LogP contribution in [0.4, 0.5) is 0 Å². The van der Waals surface area contributed by atoms with Gasteiger partial charge in [0.1, 0.15) is 0 Å². The Kier molecular flexibility index (Phi) is 9.59. The summed E-state index contributed by atoms with van der Waals surface area (Å²) in [5.74, 6) is 0. The minimum Gasteiger partial charge on any atom is -0.383 e. The molecule has 1 atom stereocenters. The second kappa shape index (κ2) is 9.82. The summed E-state index contributed by atoms with van der Waals surface area (Å²) >= 11 is 0. The van der Waals surface area contributed by atoms with E-state index in [0.29, 0.717) is 6.04 Å². The average Bonchev–Trinajstić information content (AvgIpc) is 2.25. The van der Waals surface area contributed by atoms with Crippen molar-refractivity contribution < 1.29 is 4.74 Å². The summed E-state index contributed by atoms with van der Waals surface area (Å²) in [6.07, 6.45) is 3.67. The van der Waals surface area contributed by atoms with Gasteiger partial charge in [-0.15, -0.1) is 0 Å². The lowest BCUT2D eigenvalue weighted by Crippen LogP contribution is -2.27. The third-order valence-corrected chi connectivity index (χ3v) is 2.90. The number of unbranched alkanes of at least 4 members (excludes halogenated alkanes) is 1. The highest BCUT2D eigenvalue weighted by molar-refractivity contribution is 5.00. The summed E-state index contributed by atoms with van der Waals surface area (Å²) in [5.41, 5.74) is 1.23. The minimum atomic E-state index is 0.476. The Labute approximate surface area is 101 Å². The zero-order chi connectivity index (χ0) is 12.4. The van der Waals surface area contributed by atoms with Crippen LogP contribution in [-0.2, 0) is 4.74 Å². The van der Waals surface area contributed by atoms with Gasteiger partial charge in [0, 0.05) is 19.7 Å². The summed E-state index contributed by atoms with van der Waals surface area (Å²) in [6.45, 7) is 9.07. The van der Waals surface area contributed by atoms with E-state index < -0.39 is 0 Å². The fourth-order valence-corrected chi connectivity index (χ4v) is 1.73. The smallest absolute Gasteiger partial charge is 0.0589 e. The van der Waals surface area contributed by atoms with Crippen molar-refractivity contribution in [1.82, 2.24) is 10.2 Å². The molecule has 0 aliphatic rings. The predicted molar refractivity (Wildman–Crippen MR) is 70.9 cm³/mol. The first-order valence-electron chi connectivity index (χ1n) is 6.12. The van der Waals surface area contributed by atoms with Crippen LogP contribution in [0.5, 0.6) is 0 Å². The molecule has 0 aliphatic heterocycles. The zero-order valence-electron chi connectivity index (χ0n) is 11.4. The Morgan fingerprint density at radius 2 is 2.06 bits per heavy atom. The highest BCUT2D eigenvalue weighted by atomic mass is 16.5. The number of likely N-dealkylation sites (N-methyl/N-ethyl adjacent to an activating group) is 2. The molecule has 1 unspecified atom stereocenters. The number of nitrogens with zero attached hydrogens (tertiary/aromatic N) is 1. The fraction of sp³-hybridized carbons (Fsp3) is 0.846. The summed E-state index contributed by atoms with van der Waals surface area (Å²) in [4.78, 5) is 2.32. The molecule has 0 fully saturated rings. The molecular formula is C13H28N2O. The first-order chi connectivity index (χ1) is 7.61. The standard InChI is InChI=1S/C13H28N2O/c1-12(2)13(14-3)8-6-7-9-15(4)10-11-16-5/h13-14H,1,6-11H2,2-5H3. The molecule has 16 heavy (non-hydrogen) atoms. The van der Waals surface area contributed by atoms with Gasteiger partial charge in [-0.25, -0.2) is 0 Å². The lowest BCUT2D eigenvalue weighted by Gasteiger charge is -2.18. The van der Waals surface area contributed by atoms with Gasteiger partial charge in [-0.2, -0.15) is 0 Å². The van der Waals surface area contributed by atoms with E-state index in [9.17, 15) is 0 Å². The monoisotopic (exact) mass is 228 g/mol. The summed E-state index contributed by atoms with van der Waals surface area (Å²) in [5, 5.41) is 3.29. The average molecular weight is 228 g/mol. The number of rotatable bonds is 10. The largest absolute Gasteiger partial charge is 0.383 e. The Hall–Kier alpha value is -0.380. The number of nitrogens with one attached hydrogen (secondary N) is 1. The zero-order valence-corrected chi connectivity index (χ0v) is 11.4. The maximum atomic E-state index is 5.04. The molecule has 0 bridgehead atoms. The molecule has 0 amide bonds. The molecule has 0 spiro atoms. The van der Waals surface area contributed by atoms with E-state index in [1.165, 1.54) is 24.8 Å². The highest BCUT2D eigenvalue weighted by Gasteiger charge is 2.05. The molecule has 3 nitrogen and oxygen atoms in total. The predicted octanol–water partition coefficient (Wildman–Crippen LogP) is 1.90. The Bertz CT molecular complexity index is 183. The second-order valence-electron chi connectivity index (χ2n) is 4.48. The van der Waals surface area contributed by atoms with Crippen LogP contribution in [0.1, 0.15) is 26.2 Å². The summed E-state index contributed by atoms with van der Waals surface area (Å²) < 4.78 is 5.04. The van der Waals surface area contributed by atoms with Crippen molar-refractivity contribution in [3.8, 4) is 0 Å². The van der Waals surface area contributed by atoms with Crippen LogP contribution < -0.4 is 5.32 Å². The lowest BCUT2D eigenvalue weighted by atomic mass is 10.0. The Morgan fingerprint density at radius 3 is 2.56 bits per heavy atom. The highest BCUT2D eigenvalue weighted by Crippen LogP contribution is 2.07. The Morgan fingerprint density at radius 1 is 1.38 bits per heavy atom. The quantitative estimate of drug-likeness (QED) is 0.456. The van der Waals surface area contributed by atoms with Gasteiger partial charge in [-0.05, 0) is 40.4 Å². The topological polar surface area (TPSA) is 24.5 Å². The number of methoxy groups -OCH3 is 1. The number of ether oxygens (including phenoxy) is 1. The van der Waals surface area contributed by atoms with Gasteiger partial charge in [0.25, 0.3) is 0 Å². The lowest BCUT2D eigenvalue weighted by molar-refractivity contribution is 0.160. The number of hydrogen-bond donors (Lipinski definition) is 1. The van der Waals surface area contributed by atoms with Gasteiger partial charge < -0.3 is 15.0 Å². The third-order valence-electron chi connectivity index (χ3n) is 2.90. The molecule has 0 heterocycles. The van der Waals surface area contributed by atoms with Crippen molar-refractivity contribution in [2.24, 2.45) is 0 Å². The van der Waals surface area contributed by atoms with E-state index in [0.717, 1.165) is 19.7 Å². The van der Waals surface area contributed by atoms with E-state index in [-0.39, 0.29) is 0 Å². The first-order valence-corrected chi connectivity index (χ1v) is 6.12. The van der Waals surface area contributed by atoms with Crippen LogP contribution >= 0.6 is 0 Å². The molecule has 0 saturated carbocycles. The van der Waals surface area contributed by atoms with Crippen LogP contribution in [0.2, 0.25) is 0 Å². The third kappa shape index (κ3) is 7.85. The molecule has 0 aliphatic carbocycles.